The molecule has 0 bridgehead atoms. The van der Waals surface area contributed by atoms with E-state index in [4.69, 9.17) is 5.11 Å². The van der Waals surface area contributed by atoms with Crippen LogP contribution >= 0.6 is 0 Å². The third-order valence-electron chi connectivity index (χ3n) is 3.15. The predicted molar refractivity (Wildman–Crippen MR) is 75.3 cm³/mol. The Morgan fingerprint density at radius 1 is 1.25 bits per heavy atom. The van der Waals surface area contributed by atoms with Gasteiger partial charge in [-0.2, -0.15) is 0 Å². The largest absolute Gasteiger partial charge is 0.480 e. The van der Waals surface area contributed by atoms with Gasteiger partial charge < -0.3 is 10.0 Å². The molecule has 0 aliphatic carbocycles. The first kappa shape index (κ1) is 14.0. The quantitative estimate of drug-likeness (QED) is 0.899. The number of hydrogen-bond acceptors (Lipinski definition) is 3. The number of aliphatic carboxylic acids is 1. The lowest BCUT2D eigenvalue weighted by Gasteiger charge is -2.14. The summed E-state index contributed by atoms with van der Waals surface area (Å²) < 4.78 is 0. The average Bonchev–Trinajstić information content (AvgIpc) is 2.44. The summed E-state index contributed by atoms with van der Waals surface area (Å²) in [6.45, 7) is -0.268. The van der Waals surface area contributed by atoms with Gasteiger partial charge in [0.15, 0.2) is 0 Å². The Hall–Kier alpha value is -2.43. The number of aryl methyl sites for hydroxylation is 1. The van der Waals surface area contributed by atoms with Gasteiger partial charge in [-0.1, -0.05) is 18.2 Å². The second-order valence-electron chi connectivity index (χ2n) is 4.63. The molecule has 1 amide bonds. The van der Waals surface area contributed by atoms with E-state index in [9.17, 15) is 9.59 Å². The van der Waals surface area contributed by atoms with Gasteiger partial charge in [0.1, 0.15) is 6.54 Å². The van der Waals surface area contributed by atoms with Crippen molar-refractivity contribution in [2.24, 2.45) is 0 Å². The number of nitrogens with zero attached hydrogens (tertiary/aromatic N) is 2. The third kappa shape index (κ3) is 3.32. The maximum absolute atomic E-state index is 11.8. The lowest BCUT2D eigenvalue weighted by atomic mass is 10.0. The number of carboxylic acids is 1. The summed E-state index contributed by atoms with van der Waals surface area (Å²) in [5, 5.41) is 9.69. The fourth-order valence-corrected chi connectivity index (χ4v) is 2.10. The summed E-state index contributed by atoms with van der Waals surface area (Å²) in [5.74, 6) is -1.18. The molecule has 0 atom stereocenters. The number of fused-ring (bicyclic) bond motifs is 1. The highest BCUT2D eigenvalue weighted by atomic mass is 16.4. The Balaban J connectivity index is 2.06. The number of para-hydroxylation sites is 1. The normalized spacial score (nSPS) is 10.4. The van der Waals surface area contributed by atoms with Crippen molar-refractivity contribution in [3.8, 4) is 0 Å². The maximum Gasteiger partial charge on any atom is 0.323 e. The molecule has 5 nitrogen and oxygen atoms in total. The molecule has 1 N–H and O–H groups in total. The molecule has 1 aromatic carbocycles. The van der Waals surface area contributed by atoms with Crippen molar-refractivity contribution < 1.29 is 14.7 Å². The number of amides is 1. The van der Waals surface area contributed by atoms with Crippen LogP contribution in [-0.2, 0) is 16.0 Å². The summed E-state index contributed by atoms with van der Waals surface area (Å²) in [4.78, 5) is 27.9. The first-order valence-corrected chi connectivity index (χ1v) is 6.36. The number of rotatable bonds is 5. The summed E-state index contributed by atoms with van der Waals surface area (Å²) in [7, 11) is 1.50. The molecule has 5 heteroatoms. The van der Waals surface area contributed by atoms with Gasteiger partial charge in [-0.05, 0) is 24.1 Å². The van der Waals surface area contributed by atoms with E-state index >= 15 is 0 Å². The van der Waals surface area contributed by atoms with Gasteiger partial charge in [-0.3, -0.25) is 14.6 Å². The van der Waals surface area contributed by atoms with E-state index in [0.717, 1.165) is 16.5 Å². The number of carbonyl (C=O) groups is 2. The zero-order valence-corrected chi connectivity index (χ0v) is 11.2. The van der Waals surface area contributed by atoms with Crippen LogP contribution in [-0.4, -0.2) is 40.5 Å². The lowest BCUT2D eigenvalue weighted by Crippen LogP contribution is -2.32. The van der Waals surface area contributed by atoms with E-state index < -0.39 is 5.97 Å². The topological polar surface area (TPSA) is 70.5 Å². The van der Waals surface area contributed by atoms with E-state index in [1.54, 1.807) is 6.20 Å². The summed E-state index contributed by atoms with van der Waals surface area (Å²) in [6.07, 6.45) is 2.59. The van der Waals surface area contributed by atoms with Crippen molar-refractivity contribution in [3.05, 3.63) is 42.1 Å². The Morgan fingerprint density at radius 3 is 2.75 bits per heavy atom. The van der Waals surface area contributed by atoms with Crippen LogP contribution in [0.2, 0.25) is 0 Å². The van der Waals surface area contributed by atoms with Gasteiger partial charge >= 0.3 is 5.97 Å². The molecule has 0 saturated carbocycles. The molecule has 2 rings (SSSR count). The second kappa shape index (κ2) is 6.14. The Labute approximate surface area is 116 Å². The summed E-state index contributed by atoms with van der Waals surface area (Å²) >= 11 is 0. The second-order valence-corrected chi connectivity index (χ2v) is 4.63. The first-order valence-electron chi connectivity index (χ1n) is 6.36. The molecule has 1 heterocycles. The molecule has 0 radical (unpaired) electrons. The number of benzene rings is 1. The summed E-state index contributed by atoms with van der Waals surface area (Å²) in [6, 6.07) is 9.66. The molecule has 20 heavy (non-hydrogen) atoms. The molecular weight excluding hydrogens is 256 g/mol. The Morgan fingerprint density at radius 2 is 2.00 bits per heavy atom. The number of hydrogen-bond donors (Lipinski definition) is 1. The van der Waals surface area contributed by atoms with Crippen molar-refractivity contribution in [3.63, 3.8) is 0 Å². The SMILES string of the molecule is CN(CC(=O)O)C(=O)CCc1ccnc2ccccc12. The number of likely N-dealkylation sites (N-methyl/N-ethyl adjacent to an activating group) is 1. The van der Waals surface area contributed by atoms with Gasteiger partial charge in [-0.25, -0.2) is 0 Å². The van der Waals surface area contributed by atoms with Gasteiger partial charge in [0, 0.05) is 25.1 Å². The highest BCUT2D eigenvalue weighted by Gasteiger charge is 2.12. The fraction of sp³-hybridized carbons (Fsp3) is 0.267. The van der Waals surface area contributed by atoms with Crippen LogP contribution in [0.5, 0.6) is 0 Å². The minimum Gasteiger partial charge on any atom is -0.480 e. The van der Waals surface area contributed by atoms with Gasteiger partial charge in [-0.15, -0.1) is 0 Å². The standard InChI is InChI=1S/C15H16N2O3/c1-17(10-15(19)20)14(18)7-6-11-8-9-16-13-5-3-2-4-12(11)13/h2-5,8-9H,6-7,10H2,1H3,(H,19,20). The average molecular weight is 272 g/mol. The smallest absolute Gasteiger partial charge is 0.323 e. The zero-order chi connectivity index (χ0) is 14.5. The Kier molecular flexibility index (Phi) is 4.30. The third-order valence-corrected chi connectivity index (χ3v) is 3.15. The van der Waals surface area contributed by atoms with E-state index in [0.29, 0.717) is 6.42 Å². The van der Waals surface area contributed by atoms with E-state index in [1.165, 1.54) is 11.9 Å². The van der Waals surface area contributed by atoms with Crippen LogP contribution in [0, 0.1) is 0 Å². The van der Waals surface area contributed by atoms with E-state index in [-0.39, 0.29) is 18.9 Å². The Bertz CT molecular complexity index is 635. The van der Waals surface area contributed by atoms with Gasteiger partial charge in [0.05, 0.1) is 5.52 Å². The lowest BCUT2D eigenvalue weighted by molar-refractivity contribution is -0.143. The molecule has 0 fully saturated rings. The van der Waals surface area contributed by atoms with Crippen LogP contribution in [0.25, 0.3) is 10.9 Å². The van der Waals surface area contributed by atoms with Crippen LogP contribution in [0.4, 0.5) is 0 Å². The van der Waals surface area contributed by atoms with Crippen LogP contribution in [0.15, 0.2) is 36.5 Å². The minimum atomic E-state index is -1.00. The van der Waals surface area contributed by atoms with Crippen molar-refractivity contribution >= 4 is 22.8 Å². The van der Waals surface area contributed by atoms with Crippen molar-refractivity contribution in [2.75, 3.05) is 13.6 Å². The molecule has 2 aromatic rings. The predicted octanol–water partition coefficient (Wildman–Crippen LogP) is 1.71. The van der Waals surface area contributed by atoms with E-state index in [1.807, 2.05) is 30.3 Å². The van der Waals surface area contributed by atoms with Crippen LogP contribution in [0.1, 0.15) is 12.0 Å². The number of carbonyl (C=O) groups excluding carboxylic acids is 1. The molecule has 1 aromatic heterocycles. The number of carboxylic acid groups (broad SMARTS) is 1. The van der Waals surface area contributed by atoms with E-state index in [2.05, 4.69) is 4.98 Å². The molecule has 0 saturated heterocycles. The van der Waals surface area contributed by atoms with Gasteiger partial charge in [0.2, 0.25) is 5.91 Å². The number of aromatic nitrogens is 1. The highest BCUT2D eigenvalue weighted by Crippen LogP contribution is 2.17. The van der Waals surface area contributed by atoms with Crippen molar-refractivity contribution in [1.29, 1.82) is 0 Å². The maximum atomic E-state index is 11.8. The van der Waals surface area contributed by atoms with Crippen LogP contribution in [0.3, 0.4) is 0 Å². The van der Waals surface area contributed by atoms with Gasteiger partial charge in [0.25, 0.3) is 0 Å². The minimum absolute atomic E-state index is 0.173. The molecular formula is C15H16N2O3. The highest BCUT2D eigenvalue weighted by molar-refractivity contribution is 5.84. The molecule has 0 spiro atoms. The fourth-order valence-electron chi connectivity index (χ4n) is 2.10. The monoisotopic (exact) mass is 272 g/mol. The first-order chi connectivity index (χ1) is 9.58. The summed E-state index contributed by atoms with van der Waals surface area (Å²) in [5.41, 5.74) is 1.95. The number of pyridine rings is 1. The molecule has 0 aliphatic heterocycles. The van der Waals surface area contributed by atoms with Crippen molar-refractivity contribution in [2.45, 2.75) is 12.8 Å². The molecule has 0 unspecified atom stereocenters. The zero-order valence-electron chi connectivity index (χ0n) is 11.2. The molecule has 0 aliphatic rings. The molecule has 104 valence electrons. The van der Waals surface area contributed by atoms with Crippen LogP contribution < -0.4 is 0 Å². The van der Waals surface area contributed by atoms with Crippen molar-refractivity contribution in [1.82, 2.24) is 9.88 Å².